The Labute approximate surface area is 390 Å². The summed E-state index contributed by atoms with van der Waals surface area (Å²) in [5, 5.41) is 0. The van der Waals surface area contributed by atoms with E-state index in [0.29, 0.717) is 12.8 Å². The zero-order valence-electron chi connectivity index (χ0n) is 37.0. The van der Waals surface area contributed by atoms with Crippen LogP contribution in [0.3, 0.4) is 0 Å². The van der Waals surface area contributed by atoms with E-state index in [9.17, 15) is 24.0 Å². The highest BCUT2D eigenvalue weighted by Gasteiger charge is 2.79. The molecule has 4 aliphatic heterocycles. The van der Waals surface area contributed by atoms with Gasteiger partial charge in [-0.25, -0.2) is 14.3 Å². The van der Waals surface area contributed by atoms with Gasteiger partial charge in [-0.2, -0.15) is 0 Å². The number of para-hydroxylation sites is 2. The van der Waals surface area contributed by atoms with Crippen LogP contribution < -0.4 is 9.05 Å². The first kappa shape index (κ1) is 45.8. The molecule has 0 aromatic heterocycles. The van der Waals surface area contributed by atoms with Gasteiger partial charge in [0.05, 0.1) is 16.7 Å². The molecule has 19 heteroatoms. The van der Waals surface area contributed by atoms with Gasteiger partial charge in [0.15, 0.2) is 18.0 Å². The molecule has 10 atom stereocenters. The average molecular weight is 954 g/mol. The van der Waals surface area contributed by atoms with Crippen LogP contribution in [0.15, 0.2) is 115 Å². The second-order valence-corrected chi connectivity index (χ2v) is 18.8. The molecule has 10 rings (SSSR count). The molecule has 0 N–H and O–H groups in total. The van der Waals surface area contributed by atoms with Crippen molar-refractivity contribution in [3.8, 4) is 11.5 Å². The minimum atomic E-state index is -4.65. The van der Waals surface area contributed by atoms with Crippen LogP contribution >= 0.6 is 7.82 Å². The van der Waals surface area contributed by atoms with E-state index in [1.54, 1.807) is 103 Å². The summed E-state index contributed by atoms with van der Waals surface area (Å²) in [6.45, 7) is 1.90. The predicted molar refractivity (Wildman–Crippen MR) is 233 cm³/mol. The SMILES string of the molecule is CC(=O)OC[C@H]1O[C@H](O[C@@H]2[C@H]3OC4(CCCCC4)O[C@H]3[C@H](OP(=O)(Oc3ccccc3)Oc3ccccc3)C[C@H]2OC(=O)c2ccccc2)[C@@]2(N3C(=O)c4ccccc4C3=O)O[C@H]2[C@@H]1OC(C)=O. The lowest BCUT2D eigenvalue weighted by Gasteiger charge is -2.45. The lowest BCUT2D eigenvalue weighted by molar-refractivity contribution is -0.299. The zero-order valence-corrected chi connectivity index (χ0v) is 37.8. The minimum Gasteiger partial charge on any atom is -0.463 e. The van der Waals surface area contributed by atoms with Crippen molar-refractivity contribution in [2.75, 3.05) is 6.61 Å². The monoisotopic (exact) mass is 953 g/mol. The van der Waals surface area contributed by atoms with Crippen LogP contribution in [0.4, 0.5) is 0 Å². The molecule has 68 heavy (non-hydrogen) atoms. The fourth-order valence-corrected chi connectivity index (χ4v) is 11.2. The number of esters is 3. The van der Waals surface area contributed by atoms with Gasteiger partial charge in [0.1, 0.15) is 54.7 Å². The van der Waals surface area contributed by atoms with Gasteiger partial charge in [-0.15, -0.1) is 0 Å². The zero-order chi connectivity index (χ0) is 47.2. The van der Waals surface area contributed by atoms with Gasteiger partial charge in [0.2, 0.25) is 12.0 Å². The molecule has 3 saturated heterocycles. The van der Waals surface area contributed by atoms with Crippen molar-refractivity contribution in [2.45, 2.75) is 119 Å². The van der Waals surface area contributed by atoms with Gasteiger partial charge in [0, 0.05) is 33.1 Å². The largest absolute Gasteiger partial charge is 0.587 e. The fraction of sp³-hybridized carbons (Fsp3) is 0.408. The third-order valence-corrected chi connectivity index (χ3v) is 14.2. The predicted octanol–water partition coefficient (Wildman–Crippen LogP) is 6.71. The van der Waals surface area contributed by atoms with Crippen molar-refractivity contribution in [3.63, 3.8) is 0 Å². The molecular formula is C49H48NO17P. The Bertz CT molecular complexity index is 2510. The molecule has 0 radical (unpaired) electrons. The lowest BCUT2D eigenvalue weighted by Crippen LogP contribution is -2.65. The number of amides is 2. The molecule has 1 spiro atoms. The first-order valence-electron chi connectivity index (χ1n) is 22.5. The summed E-state index contributed by atoms with van der Waals surface area (Å²) in [5.41, 5.74) is -1.71. The minimum absolute atomic E-state index is 0.0879. The van der Waals surface area contributed by atoms with Crippen LogP contribution in [-0.2, 0) is 56.6 Å². The van der Waals surface area contributed by atoms with Crippen molar-refractivity contribution in [2.24, 2.45) is 0 Å². The highest BCUT2D eigenvalue weighted by Crippen LogP contribution is 2.58. The number of ether oxygens (including phenoxy) is 8. The number of fused-ring (bicyclic) bond motifs is 3. The molecule has 0 bridgehead atoms. The molecule has 18 nitrogen and oxygen atoms in total. The number of imide groups is 1. The first-order valence-corrected chi connectivity index (χ1v) is 24.0. The molecule has 4 aromatic rings. The van der Waals surface area contributed by atoms with Gasteiger partial charge in [-0.1, -0.05) is 73.2 Å². The van der Waals surface area contributed by atoms with E-state index in [4.69, 9.17) is 51.5 Å². The Kier molecular flexibility index (Phi) is 12.5. The van der Waals surface area contributed by atoms with E-state index in [1.807, 2.05) is 0 Å². The van der Waals surface area contributed by atoms with Crippen LogP contribution in [0, 0.1) is 0 Å². The van der Waals surface area contributed by atoms with E-state index in [2.05, 4.69) is 0 Å². The Balaban J connectivity index is 1.06. The fourth-order valence-electron chi connectivity index (χ4n) is 9.76. The quantitative estimate of drug-likeness (QED) is 0.0423. The standard InChI is InChI=1S/C49H48NO17P/c1-29(51)57-28-38-41(58-30(2)52)43-49(64-43,50-44(53)34-23-13-14-24-35(34)45(50)54)47(60-38)61-39-36(59-46(55)31-17-7-3-8-18-31)27-37(40-42(39)63-48(62-40)25-15-6-16-26-48)67-68(56,65-32-19-9-4-10-20-32)66-33-21-11-5-12-22-33/h3-5,7-14,17-24,36-43,47H,6,15-16,25-28H2,1-2H3/t36-,37-,38-,39+,40+,41-,42-,43+,47-,49+/m1/s1. The van der Waals surface area contributed by atoms with E-state index in [-0.39, 0.29) is 34.6 Å². The maximum absolute atomic E-state index is 15.1. The topological polar surface area (TPSA) is 210 Å². The van der Waals surface area contributed by atoms with Gasteiger partial charge in [-0.3, -0.25) is 23.7 Å². The molecule has 5 fully saturated rings. The normalized spacial score (nSPS) is 30.1. The number of hydrogen-bond donors (Lipinski definition) is 0. The highest BCUT2D eigenvalue weighted by atomic mass is 31.2. The van der Waals surface area contributed by atoms with Crippen LogP contribution in [0.5, 0.6) is 11.5 Å². The molecule has 2 saturated carbocycles. The van der Waals surface area contributed by atoms with Crippen LogP contribution in [-0.4, -0.2) is 108 Å². The smallest absolute Gasteiger partial charge is 0.463 e. The van der Waals surface area contributed by atoms with E-state index in [1.165, 1.54) is 19.1 Å². The van der Waals surface area contributed by atoms with E-state index in [0.717, 1.165) is 31.1 Å². The average Bonchev–Trinajstić information content (AvgIpc) is 3.89. The van der Waals surface area contributed by atoms with Gasteiger partial charge in [0.25, 0.3) is 11.8 Å². The highest BCUT2D eigenvalue weighted by molar-refractivity contribution is 7.49. The van der Waals surface area contributed by atoms with Crippen LogP contribution in [0.25, 0.3) is 0 Å². The Morgan fingerprint density at radius 3 is 1.84 bits per heavy atom. The van der Waals surface area contributed by atoms with Gasteiger partial charge >= 0.3 is 25.7 Å². The Hall–Kier alpha value is -5.98. The maximum Gasteiger partial charge on any atom is 0.587 e. The summed E-state index contributed by atoms with van der Waals surface area (Å²) in [5.74, 6) is -4.48. The third-order valence-electron chi connectivity index (χ3n) is 12.8. The molecule has 356 valence electrons. The van der Waals surface area contributed by atoms with Crippen molar-refractivity contribution < 1.29 is 80.0 Å². The van der Waals surface area contributed by atoms with Crippen molar-refractivity contribution in [3.05, 3.63) is 132 Å². The molecule has 2 amide bonds. The molecule has 0 unspecified atom stereocenters. The number of phosphoric acid groups is 1. The third kappa shape index (κ3) is 8.81. The summed E-state index contributed by atoms with van der Waals surface area (Å²) in [4.78, 5) is 68.5. The van der Waals surface area contributed by atoms with Crippen molar-refractivity contribution >= 4 is 37.5 Å². The van der Waals surface area contributed by atoms with Crippen LogP contribution in [0.1, 0.15) is 83.4 Å². The van der Waals surface area contributed by atoms with E-state index < -0.39 is 111 Å². The number of carbonyl (C=O) groups excluding carboxylic acids is 5. The van der Waals surface area contributed by atoms with Gasteiger partial charge in [-0.05, 0) is 61.4 Å². The summed E-state index contributed by atoms with van der Waals surface area (Å²) in [7, 11) is -4.65. The second-order valence-electron chi connectivity index (χ2n) is 17.3. The number of phosphoric ester groups is 1. The van der Waals surface area contributed by atoms with Gasteiger partial charge < -0.3 is 46.9 Å². The van der Waals surface area contributed by atoms with Crippen molar-refractivity contribution in [1.29, 1.82) is 0 Å². The Morgan fingerprint density at radius 1 is 0.676 bits per heavy atom. The number of epoxide rings is 1. The van der Waals surface area contributed by atoms with Crippen LogP contribution in [0.2, 0.25) is 0 Å². The number of nitrogens with zero attached hydrogens (tertiary/aromatic N) is 1. The summed E-state index contributed by atoms with van der Waals surface area (Å²) in [6.07, 6.45) is -8.69. The number of benzene rings is 4. The second kappa shape index (κ2) is 18.5. The van der Waals surface area contributed by atoms with E-state index >= 15 is 4.57 Å². The summed E-state index contributed by atoms with van der Waals surface area (Å²) >= 11 is 0. The number of rotatable bonds is 14. The van der Waals surface area contributed by atoms with Crippen molar-refractivity contribution in [1.82, 2.24) is 4.90 Å². The summed E-state index contributed by atoms with van der Waals surface area (Å²) < 4.78 is 84.9. The lowest BCUT2D eigenvalue weighted by atomic mass is 9.86. The number of hydrogen-bond acceptors (Lipinski definition) is 17. The maximum atomic E-state index is 15.1. The molecular weight excluding hydrogens is 906 g/mol. The first-order chi connectivity index (χ1) is 32.9. The Morgan fingerprint density at radius 2 is 1.25 bits per heavy atom. The summed E-state index contributed by atoms with van der Waals surface area (Å²) in [6, 6.07) is 31.1. The number of carbonyl (C=O) groups is 5. The molecule has 6 aliphatic rings. The molecule has 4 aromatic carbocycles. The molecule has 4 heterocycles. The molecule has 2 aliphatic carbocycles.